The van der Waals surface area contributed by atoms with Gasteiger partial charge in [-0.05, 0) is 39.8 Å². The van der Waals surface area contributed by atoms with E-state index in [1.165, 1.54) is 0 Å². The van der Waals surface area contributed by atoms with Gasteiger partial charge >= 0.3 is 0 Å². The predicted molar refractivity (Wildman–Crippen MR) is 95.1 cm³/mol. The van der Waals surface area contributed by atoms with Gasteiger partial charge in [0.15, 0.2) is 0 Å². The smallest absolute Gasteiger partial charge is 0.255 e. The van der Waals surface area contributed by atoms with Crippen molar-refractivity contribution in [1.82, 2.24) is 10.1 Å². The van der Waals surface area contributed by atoms with Crippen LogP contribution in [-0.4, -0.2) is 39.8 Å². The quantitative estimate of drug-likeness (QED) is 0.776. The van der Waals surface area contributed by atoms with Crippen molar-refractivity contribution in [2.75, 3.05) is 13.1 Å². The van der Waals surface area contributed by atoms with Gasteiger partial charge in [-0.1, -0.05) is 17.3 Å². The second kappa shape index (κ2) is 7.85. The number of aliphatic hydroxyl groups is 1. The van der Waals surface area contributed by atoms with Crippen molar-refractivity contribution >= 4 is 17.7 Å². The van der Waals surface area contributed by atoms with Gasteiger partial charge in [-0.15, -0.1) is 11.8 Å². The van der Waals surface area contributed by atoms with Crippen molar-refractivity contribution in [1.29, 1.82) is 0 Å². The highest BCUT2D eigenvalue weighted by atomic mass is 32.2. The van der Waals surface area contributed by atoms with Crippen LogP contribution in [0, 0.1) is 6.92 Å². The Morgan fingerprint density at radius 2 is 2.08 bits per heavy atom. The Balaban J connectivity index is 2.16. The molecule has 24 heavy (non-hydrogen) atoms. The molecule has 0 aliphatic rings. The van der Waals surface area contributed by atoms with E-state index in [-0.39, 0.29) is 5.91 Å². The van der Waals surface area contributed by atoms with Crippen molar-refractivity contribution < 1.29 is 14.4 Å². The lowest BCUT2D eigenvalue weighted by Gasteiger charge is -2.28. The minimum atomic E-state index is -0.925. The van der Waals surface area contributed by atoms with Crippen LogP contribution >= 0.6 is 11.8 Å². The number of hydrogen-bond acceptors (Lipinski definition) is 5. The highest BCUT2D eigenvalue weighted by molar-refractivity contribution is 7.98. The van der Waals surface area contributed by atoms with Gasteiger partial charge in [0.05, 0.1) is 22.6 Å². The number of likely N-dealkylation sites (N-methyl/N-ethyl adjacent to an activating group) is 1. The second-order valence-electron chi connectivity index (χ2n) is 6.35. The molecule has 1 N–H and O–H groups in total. The predicted octanol–water partition coefficient (Wildman–Crippen LogP) is 3.51. The SMILES string of the molecule is CCN(CC(C)(C)O)C(=O)c1ccccc1SCc1cc(C)no1. The van der Waals surface area contributed by atoms with E-state index < -0.39 is 5.60 Å². The summed E-state index contributed by atoms with van der Waals surface area (Å²) in [4.78, 5) is 15.4. The average Bonchev–Trinajstić information content (AvgIpc) is 2.95. The van der Waals surface area contributed by atoms with E-state index in [1.807, 2.05) is 44.2 Å². The third-order valence-electron chi connectivity index (χ3n) is 3.41. The number of carbonyl (C=O) groups excluding carboxylic acids is 1. The van der Waals surface area contributed by atoms with Gasteiger partial charge in [-0.25, -0.2) is 0 Å². The molecule has 6 heteroatoms. The molecule has 1 amide bonds. The van der Waals surface area contributed by atoms with E-state index in [2.05, 4.69) is 5.16 Å². The third-order valence-corrected chi connectivity index (χ3v) is 4.51. The summed E-state index contributed by atoms with van der Waals surface area (Å²) >= 11 is 1.54. The zero-order valence-electron chi connectivity index (χ0n) is 14.6. The van der Waals surface area contributed by atoms with Crippen LogP contribution in [0.3, 0.4) is 0 Å². The molecule has 0 atom stereocenters. The van der Waals surface area contributed by atoms with E-state index in [1.54, 1.807) is 30.5 Å². The van der Waals surface area contributed by atoms with Gasteiger partial charge in [0.2, 0.25) is 0 Å². The van der Waals surface area contributed by atoms with Crippen LogP contribution in [0.1, 0.15) is 42.6 Å². The Morgan fingerprint density at radius 3 is 2.67 bits per heavy atom. The molecule has 5 nitrogen and oxygen atoms in total. The minimum absolute atomic E-state index is 0.0727. The molecule has 0 fully saturated rings. The lowest BCUT2D eigenvalue weighted by molar-refractivity contribution is 0.0313. The number of carbonyl (C=O) groups is 1. The van der Waals surface area contributed by atoms with E-state index in [9.17, 15) is 9.90 Å². The van der Waals surface area contributed by atoms with Crippen LogP contribution in [0.2, 0.25) is 0 Å². The molecule has 0 spiro atoms. The van der Waals surface area contributed by atoms with Crippen LogP contribution < -0.4 is 0 Å². The van der Waals surface area contributed by atoms with Crippen LogP contribution in [0.5, 0.6) is 0 Å². The molecular formula is C18H24N2O3S. The van der Waals surface area contributed by atoms with Crippen molar-refractivity contribution in [3.05, 3.63) is 47.3 Å². The molecule has 1 aromatic heterocycles. The second-order valence-corrected chi connectivity index (χ2v) is 7.37. The number of hydrogen-bond donors (Lipinski definition) is 1. The Labute approximate surface area is 147 Å². The summed E-state index contributed by atoms with van der Waals surface area (Å²) in [6.07, 6.45) is 0. The van der Waals surface area contributed by atoms with Gasteiger partial charge in [0, 0.05) is 24.1 Å². The first-order valence-electron chi connectivity index (χ1n) is 7.96. The molecular weight excluding hydrogens is 324 g/mol. The molecule has 0 saturated heterocycles. The van der Waals surface area contributed by atoms with Crippen molar-refractivity contribution in [2.45, 2.75) is 43.9 Å². The summed E-state index contributed by atoms with van der Waals surface area (Å²) in [6.45, 7) is 8.04. The Kier molecular flexibility index (Phi) is 6.07. The molecule has 1 aromatic carbocycles. The van der Waals surface area contributed by atoms with Crippen molar-refractivity contribution in [2.24, 2.45) is 0 Å². The fourth-order valence-corrected chi connectivity index (χ4v) is 3.29. The fourth-order valence-electron chi connectivity index (χ4n) is 2.37. The number of rotatable bonds is 7. The number of amides is 1. The largest absolute Gasteiger partial charge is 0.389 e. The highest BCUT2D eigenvalue weighted by Crippen LogP contribution is 2.27. The first kappa shape index (κ1) is 18.5. The summed E-state index contributed by atoms with van der Waals surface area (Å²) in [7, 11) is 0. The van der Waals surface area contributed by atoms with Gasteiger partial charge < -0.3 is 14.5 Å². The van der Waals surface area contributed by atoms with Crippen LogP contribution in [0.25, 0.3) is 0 Å². The van der Waals surface area contributed by atoms with E-state index >= 15 is 0 Å². The summed E-state index contributed by atoms with van der Waals surface area (Å²) in [5, 5.41) is 13.9. The monoisotopic (exact) mass is 348 g/mol. The van der Waals surface area contributed by atoms with Crippen LogP contribution in [-0.2, 0) is 5.75 Å². The Morgan fingerprint density at radius 1 is 1.38 bits per heavy atom. The third kappa shape index (κ3) is 5.11. The lowest BCUT2D eigenvalue weighted by atomic mass is 10.1. The number of thioether (sulfide) groups is 1. The molecule has 0 unspecified atom stereocenters. The lowest BCUT2D eigenvalue weighted by Crippen LogP contribution is -2.42. The molecule has 0 aliphatic carbocycles. The zero-order valence-corrected chi connectivity index (χ0v) is 15.4. The van der Waals surface area contributed by atoms with Crippen LogP contribution in [0.15, 0.2) is 39.8 Å². The normalized spacial score (nSPS) is 11.5. The summed E-state index contributed by atoms with van der Waals surface area (Å²) in [5.74, 6) is 1.32. The Bertz CT molecular complexity index is 692. The number of aryl methyl sites for hydroxylation is 1. The highest BCUT2D eigenvalue weighted by Gasteiger charge is 2.23. The van der Waals surface area contributed by atoms with E-state index in [0.717, 1.165) is 16.3 Å². The molecule has 0 aliphatic heterocycles. The van der Waals surface area contributed by atoms with Crippen LogP contribution in [0.4, 0.5) is 0 Å². The molecule has 0 bridgehead atoms. The summed E-state index contributed by atoms with van der Waals surface area (Å²) in [6, 6.07) is 9.41. The van der Waals surface area contributed by atoms with Crippen molar-refractivity contribution in [3.63, 3.8) is 0 Å². The number of aromatic nitrogens is 1. The standard InChI is InChI=1S/C18H24N2O3S/c1-5-20(12-18(3,4)22)17(21)15-8-6-7-9-16(15)24-11-14-10-13(2)19-23-14/h6-10,22H,5,11-12H2,1-4H3. The number of nitrogens with zero attached hydrogens (tertiary/aromatic N) is 2. The first-order valence-corrected chi connectivity index (χ1v) is 8.94. The first-order chi connectivity index (χ1) is 11.3. The van der Waals surface area contributed by atoms with Gasteiger partial charge in [0.1, 0.15) is 5.76 Å². The Hall–Kier alpha value is -1.79. The van der Waals surface area contributed by atoms with Gasteiger partial charge in [-0.3, -0.25) is 4.79 Å². The average molecular weight is 348 g/mol. The maximum atomic E-state index is 12.9. The molecule has 2 rings (SSSR count). The summed E-state index contributed by atoms with van der Waals surface area (Å²) < 4.78 is 5.22. The molecule has 2 aromatic rings. The maximum absolute atomic E-state index is 12.9. The molecule has 1 heterocycles. The zero-order chi connectivity index (χ0) is 17.7. The summed E-state index contributed by atoms with van der Waals surface area (Å²) in [5.41, 5.74) is 0.563. The van der Waals surface area contributed by atoms with Crippen molar-refractivity contribution in [3.8, 4) is 0 Å². The molecule has 130 valence electrons. The topological polar surface area (TPSA) is 66.6 Å². The van der Waals surface area contributed by atoms with E-state index in [0.29, 0.717) is 24.4 Å². The fraction of sp³-hybridized carbons (Fsp3) is 0.444. The maximum Gasteiger partial charge on any atom is 0.255 e. The molecule has 0 radical (unpaired) electrons. The van der Waals surface area contributed by atoms with Gasteiger partial charge in [0.25, 0.3) is 5.91 Å². The minimum Gasteiger partial charge on any atom is -0.389 e. The van der Waals surface area contributed by atoms with E-state index in [4.69, 9.17) is 4.52 Å². The van der Waals surface area contributed by atoms with Gasteiger partial charge in [-0.2, -0.15) is 0 Å². The molecule has 0 saturated carbocycles. The number of benzene rings is 1.